The van der Waals surface area contributed by atoms with Crippen LogP contribution in [0, 0.1) is 5.92 Å². The van der Waals surface area contributed by atoms with Crippen molar-refractivity contribution in [3.05, 3.63) is 12.3 Å². The Bertz CT molecular complexity index is 405. The lowest BCUT2D eigenvalue weighted by Crippen LogP contribution is -2.22. The third kappa shape index (κ3) is 4.48. The molecule has 0 radical (unpaired) electrons. The molecule has 0 aromatic carbocycles. The van der Waals surface area contributed by atoms with Crippen LogP contribution in [0.25, 0.3) is 0 Å². The smallest absolute Gasteiger partial charge is 0.325 e. The van der Waals surface area contributed by atoms with Crippen LogP contribution in [0.4, 0.5) is 5.82 Å². The largest absolute Gasteiger partial charge is 0.480 e. The molecule has 6 nitrogen and oxygen atoms in total. The second-order valence-corrected chi connectivity index (χ2v) is 4.55. The Morgan fingerprint density at radius 2 is 2.35 bits per heavy atom. The number of carbonyl (C=O) groups is 2. The Kier molecular flexibility index (Phi) is 5.02. The monoisotopic (exact) mass is 257 g/mol. The Morgan fingerprint density at radius 1 is 1.65 bits per heavy atom. The average Bonchev–Trinajstić information content (AvgIpc) is 2.64. The topological polar surface area (TPSA) is 84.2 Å². The Balaban J connectivity index is 2.54. The molecule has 0 aliphatic rings. The molecule has 0 aliphatic carbocycles. The predicted molar refractivity (Wildman–Crippen MR) is 66.0 cm³/mol. The van der Waals surface area contributed by atoms with Gasteiger partial charge in [-0.25, -0.2) is 0 Å². The summed E-state index contributed by atoms with van der Waals surface area (Å²) in [7, 11) is 0. The lowest BCUT2D eigenvalue weighted by Gasteiger charge is -2.08. The summed E-state index contributed by atoms with van der Waals surface area (Å²) >= 11 is 1.60. The number of thioether (sulfide) groups is 1. The maximum Gasteiger partial charge on any atom is 0.325 e. The molecule has 7 heteroatoms. The molecule has 0 saturated heterocycles. The number of aliphatic carboxylic acids is 1. The molecule has 2 N–H and O–H groups in total. The first-order chi connectivity index (χ1) is 8.02. The SMILES string of the molecule is CSCC(C)C(=O)Nc1ccn(CC(=O)O)n1. The first-order valence-electron chi connectivity index (χ1n) is 5.08. The number of hydrogen-bond donors (Lipinski definition) is 2. The minimum Gasteiger partial charge on any atom is -0.480 e. The quantitative estimate of drug-likeness (QED) is 0.791. The number of anilines is 1. The lowest BCUT2D eigenvalue weighted by atomic mass is 10.2. The Hall–Kier alpha value is -1.50. The van der Waals surface area contributed by atoms with Gasteiger partial charge in [-0.05, 0) is 6.26 Å². The van der Waals surface area contributed by atoms with Crippen LogP contribution in [0.5, 0.6) is 0 Å². The van der Waals surface area contributed by atoms with E-state index in [1.807, 2.05) is 13.2 Å². The zero-order valence-corrected chi connectivity index (χ0v) is 10.5. The maximum atomic E-state index is 11.6. The van der Waals surface area contributed by atoms with Crippen molar-refractivity contribution in [3.63, 3.8) is 0 Å². The summed E-state index contributed by atoms with van der Waals surface area (Å²) in [6.45, 7) is 1.62. The van der Waals surface area contributed by atoms with Gasteiger partial charge < -0.3 is 10.4 Å². The van der Waals surface area contributed by atoms with Gasteiger partial charge in [-0.15, -0.1) is 0 Å². The van der Waals surface area contributed by atoms with Gasteiger partial charge in [0.1, 0.15) is 6.54 Å². The highest BCUT2D eigenvalue weighted by Gasteiger charge is 2.13. The third-order valence-corrected chi connectivity index (χ3v) is 2.89. The van der Waals surface area contributed by atoms with E-state index in [0.717, 1.165) is 5.75 Å². The summed E-state index contributed by atoms with van der Waals surface area (Å²) in [5, 5.41) is 15.1. The molecule has 1 atom stereocenters. The molecule has 1 unspecified atom stereocenters. The van der Waals surface area contributed by atoms with Gasteiger partial charge in [-0.2, -0.15) is 16.9 Å². The van der Waals surface area contributed by atoms with Gasteiger partial charge in [0.2, 0.25) is 5.91 Å². The summed E-state index contributed by atoms with van der Waals surface area (Å²) in [5.74, 6) is -0.0673. The summed E-state index contributed by atoms with van der Waals surface area (Å²) < 4.78 is 1.26. The first kappa shape index (κ1) is 13.6. The van der Waals surface area contributed by atoms with Crippen molar-refractivity contribution < 1.29 is 14.7 Å². The van der Waals surface area contributed by atoms with Gasteiger partial charge in [0.25, 0.3) is 0 Å². The molecule has 0 bridgehead atoms. The summed E-state index contributed by atoms with van der Waals surface area (Å²) in [6, 6.07) is 1.58. The van der Waals surface area contributed by atoms with Crippen molar-refractivity contribution in [3.8, 4) is 0 Å². The number of nitrogens with one attached hydrogen (secondary N) is 1. The van der Waals surface area contributed by atoms with Crippen LogP contribution in [0.3, 0.4) is 0 Å². The van der Waals surface area contributed by atoms with Gasteiger partial charge in [0.05, 0.1) is 0 Å². The van der Waals surface area contributed by atoms with Crippen molar-refractivity contribution >= 4 is 29.5 Å². The number of rotatable bonds is 6. The fourth-order valence-corrected chi connectivity index (χ4v) is 1.88. The molecule has 0 spiro atoms. The molecule has 1 aromatic rings. The number of hydrogen-bond acceptors (Lipinski definition) is 4. The predicted octanol–water partition coefficient (Wildman–Crippen LogP) is 0.905. The molecule has 1 heterocycles. The second-order valence-electron chi connectivity index (χ2n) is 3.64. The van der Waals surface area contributed by atoms with Crippen LogP contribution in [-0.2, 0) is 16.1 Å². The van der Waals surface area contributed by atoms with E-state index in [9.17, 15) is 9.59 Å². The highest BCUT2D eigenvalue weighted by molar-refractivity contribution is 7.98. The molecular weight excluding hydrogens is 242 g/mol. The second kappa shape index (κ2) is 6.29. The summed E-state index contributed by atoms with van der Waals surface area (Å²) in [5.41, 5.74) is 0. The minimum atomic E-state index is -0.971. The van der Waals surface area contributed by atoms with Crippen LogP contribution in [0.1, 0.15) is 6.92 Å². The normalized spacial score (nSPS) is 12.1. The zero-order chi connectivity index (χ0) is 12.8. The number of amides is 1. The molecule has 0 saturated carbocycles. The fourth-order valence-electron chi connectivity index (χ4n) is 1.23. The van der Waals surface area contributed by atoms with Gasteiger partial charge in [0.15, 0.2) is 5.82 Å². The number of aromatic nitrogens is 2. The van der Waals surface area contributed by atoms with Crippen molar-refractivity contribution in [2.45, 2.75) is 13.5 Å². The standard InChI is InChI=1S/C10H15N3O3S/c1-7(6-17-2)10(16)11-8-3-4-13(12-8)5-9(14)15/h3-4,7H,5-6H2,1-2H3,(H,14,15)(H,11,12,16). The maximum absolute atomic E-state index is 11.6. The van der Waals surface area contributed by atoms with Crippen molar-refractivity contribution in [1.29, 1.82) is 0 Å². The average molecular weight is 257 g/mol. The van der Waals surface area contributed by atoms with E-state index in [1.165, 1.54) is 10.9 Å². The van der Waals surface area contributed by atoms with E-state index >= 15 is 0 Å². The minimum absolute atomic E-state index is 0.102. The zero-order valence-electron chi connectivity index (χ0n) is 9.71. The van der Waals surface area contributed by atoms with Gasteiger partial charge >= 0.3 is 5.97 Å². The first-order valence-corrected chi connectivity index (χ1v) is 6.47. The third-order valence-electron chi connectivity index (χ3n) is 2.05. The van der Waals surface area contributed by atoms with E-state index < -0.39 is 5.97 Å². The molecular formula is C10H15N3O3S. The van der Waals surface area contributed by atoms with Crippen molar-refractivity contribution in [2.75, 3.05) is 17.3 Å². The highest BCUT2D eigenvalue weighted by atomic mass is 32.2. The molecule has 94 valence electrons. The number of carboxylic acid groups (broad SMARTS) is 1. The molecule has 0 aliphatic heterocycles. The van der Waals surface area contributed by atoms with E-state index in [1.54, 1.807) is 17.8 Å². The molecule has 17 heavy (non-hydrogen) atoms. The van der Waals surface area contributed by atoms with Crippen molar-refractivity contribution in [2.24, 2.45) is 5.92 Å². The number of carboxylic acids is 1. The van der Waals surface area contributed by atoms with E-state index in [0.29, 0.717) is 5.82 Å². The van der Waals surface area contributed by atoms with Crippen LogP contribution in [-0.4, -0.2) is 38.8 Å². The van der Waals surface area contributed by atoms with E-state index in [4.69, 9.17) is 5.11 Å². The fraction of sp³-hybridized carbons (Fsp3) is 0.500. The van der Waals surface area contributed by atoms with Crippen LogP contribution >= 0.6 is 11.8 Å². The van der Waals surface area contributed by atoms with Gasteiger partial charge in [-0.3, -0.25) is 14.3 Å². The highest BCUT2D eigenvalue weighted by Crippen LogP contribution is 2.09. The Labute approximate surface area is 103 Å². The lowest BCUT2D eigenvalue weighted by molar-refractivity contribution is -0.137. The summed E-state index contributed by atoms with van der Waals surface area (Å²) in [6.07, 6.45) is 3.45. The van der Waals surface area contributed by atoms with E-state index in [-0.39, 0.29) is 18.4 Å². The number of carbonyl (C=O) groups excluding carboxylic acids is 1. The van der Waals surface area contributed by atoms with Crippen LogP contribution in [0.15, 0.2) is 12.3 Å². The molecule has 0 fully saturated rings. The van der Waals surface area contributed by atoms with Crippen molar-refractivity contribution in [1.82, 2.24) is 9.78 Å². The number of nitrogens with zero attached hydrogens (tertiary/aromatic N) is 2. The molecule has 1 rings (SSSR count). The van der Waals surface area contributed by atoms with Gasteiger partial charge in [-0.1, -0.05) is 6.92 Å². The van der Waals surface area contributed by atoms with Crippen LogP contribution in [0.2, 0.25) is 0 Å². The molecule has 1 aromatic heterocycles. The Morgan fingerprint density at radius 3 is 2.94 bits per heavy atom. The van der Waals surface area contributed by atoms with E-state index in [2.05, 4.69) is 10.4 Å². The molecule has 1 amide bonds. The van der Waals surface area contributed by atoms with Crippen LogP contribution < -0.4 is 5.32 Å². The summed E-state index contributed by atoms with van der Waals surface area (Å²) in [4.78, 5) is 22.1. The van der Waals surface area contributed by atoms with Gasteiger partial charge in [0, 0.05) is 23.9 Å².